The summed E-state index contributed by atoms with van der Waals surface area (Å²) in [6.45, 7) is 2.04. The van der Waals surface area contributed by atoms with Gasteiger partial charge in [-0.05, 0) is 18.2 Å². The third kappa shape index (κ3) is 4.32. The van der Waals surface area contributed by atoms with Crippen LogP contribution in [0.25, 0.3) is 0 Å². The molecule has 25 heavy (non-hydrogen) atoms. The van der Waals surface area contributed by atoms with E-state index in [0.29, 0.717) is 31.1 Å². The van der Waals surface area contributed by atoms with E-state index in [1.165, 1.54) is 6.20 Å². The lowest BCUT2D eigenvalue weighted by Crippen LogP contribution is -2.41. The highest BCUT2D eigenvalue weighted by Crippen LogP contribution is 2.20. The Bertz CT molecular complexity index is 710. The molecule has 0 spiro atoms. The molecule has 0 aliphatic carbocycles. The monoisotopic (exact) mass is 342 g/mol. The summed E-state index contributed by atoms with van der Waals surface area (Å²) >= 11 is 0. The Morgan fingerprint density at radius 1 is 1.36 bits per heavy atom. The number of hydrogen-bond acceptors (Lipinski definition) is 6. The maximum atomic E-state index is 12.3. The van der Waals surface area contributed by atoms with Crippen LogP contribution < -0.4 is 10.1 Å². The van der Waals surface area contributed by atoms with Gasteiger partial charge in [0.25, 0.3) is 5.91 Å². The molecule has 2 atom stereocenters. The highest BCUT2D eigenvalue weighted by molar-refractivity contribution is 5.94. The molecule has 0 saturated carbocycles. The predicted molar refractivity (Wildman–Crippen MR) is 92.1 cm³/mol. The van der Waals surface area contributed by atoms with Crippen LogP contribution in [-0.4, -0.2) is 58.7 Å². The molecule has 2 N–H and O–H groups in total. The number of pyridine rings is 2. The Kier molecular flexibility index (Phi) is 5.57. The molecule has 2 aromatic rings. The van der Waals surface area contributed by atoms with Gasteiger partial charge in [0.2, 0.25) is 5.88 Å². The molecule has 3 rings (SSSR count). The zero-order valence-corrected chi connectivity index (χ0v) is 14.1. The summed E-state index contributed by atoms with van der Waals surface area (Å²) in [5.41, 5.74) is 1.42. The van der Waals surface area contributed by atoms with Crippen LogP contribution in [0.4, 0.5) is 0 Å². The van der Waals surface area contributed by atoms with Crippen molar-refractivity contribution in [1.29, 1.82) is 0 Å². The Balaban J connectivity index is 1.63. The number of rotatable bonds is 6. The fourth-order valence-electron chi connectivity index (χ4n) is 3.08. The molecule has 7 nitrogen and oxygen atoms in total. The van der Waals surface area contributed by atoms with Crippen LogP contribution in [0.2, 0.25) is 0 Å². The minimum Gasteiger partial charge on any atom is -0.481 e. The van der Waals surface area contributed by atoms with Gasteiger partial charge in [0.1, 0.15) is 0 Å². The van der Waals surface area contributed by atoms with Crippen LogP contribution in [0.15, 0.2) is 42.7 Å². The molecular formula is C18H22N4O3. The first-order valence-corrected chi connectivity index (χ1v) is 8.23. The van der Waals surface area contributed by atoms with E-state index in [-0.39, 0.29) is 24.5 Å². The van der Waals surface area contributed by atoms with Gasteiger partial charge < -0.3 is 15.2 Å². The molecular weight excluding hydrogens is 320 g/mol. The standard InChI is InChI=1S/C18H22N4O3/c1-25-17-6-2-5-15(20-17)10-22-9-14(12-23)16(11-22)21-18(24)13-4-3-7-19-8-13/h2-8,14,16,23H,9-12H2,1H3,(H,21,24). The normalized spacial score (nSPS) is 20.4. The number of aromatic nitrogens is 2. The summed E-state index contributed by atoms with van der Waals surface area (Å²) in [6.07, 6.45) is 3.17. The number of aliphatic hydroxyl groups excluding tert-OH is 1. The van der Waals surface area contributed by atoms with Crippen molar-refractivity contribution in [3.05, 3.63) is 54.0 Å². The van der Waals surface area contributed by atoms with Crippen LogP contribution in [0, 0.1) is 5.92 Å². The summed E-state index contributed by atoms with van der Waals surface area (Å²) in [7, 11) is 1.59. The van der Waals surface area contributed by atoms with Gasteiger partial charge in [0.15, 0.2) is 0 Å². The van der Waals surface area contributed by atoms with E-state index in [9.17, 15) is 9.90 Å². The van der Waals surface area contributed by atoms with Gasteiger partial charge in [-0.25, -0.2) is 4.98 Å². The zero-order chi connectivity index (χ0) is 17.6. The molecule has 1 aliphatic rings. The van der Waals surface area contributed by atoms with Crippen LogP contribution in [0.3, 0.4) is 0 Å². The second-order valence-corrected chi connectivity index (χ2v) is 6.13. The van der Waals surface area contributed by atoms with Crippen molar-refractivity contribution in [2.45, 2.75) is 12.6 Å². The lowest BCUT2D eigenvalue weighted by atomic mass is 10.0. The van der Waals surface area contributed by atoms with Gasteiger partial charge in [-0.2, -0.15) is 0 Å². The number of likely N-dealkylation sites (tertiary alicyclic amines) is 1. The Labute approximate surface area is 146 Å². The minimum absolute atomic E-state index is 0.00812. The van der Waals surface area contributed by atoms with Gasteiger partial charge in [0, 0.05) is 56.7 Å². The third-order valence-electron chi connectivity index (χ3n) is 4.37. The number of hydrogen-bond donors (Lipinski definition) is 2. The van der Waals surface area contributed by atoms with Crippen molar-refractivity contribution in [2.24, 2.45) is 5.92 Å². The summed E-state index contributed by atoms with van der Waals surface area (Å²) in [5.74, 6) is 0.404. The smallest absolute Gasteiger partial charge is 0.253 e. The number of nitrogens with one attached hydrogen (secondary N) is 1. The molecule has 132 valence electrons. The Morgan fingerprint density at radius 3 is 2.96 bits per heavy atom. The van der Waals surface area contributed by atoms with E-state index >= 15 is 0 Å². The molecule has 1 fully saturated rings. The average Bonchev–Trinajstić information content (AvgIpc) is 3.03. The predicted octanol–water partition coefficient (Wildman–Crippen LogP) is 0.708. The summed E-state index contributed by atoms with van der Waals surface area (Å²) in [5, 5.41) is 12.7. The lowest BCUT2D eigenvalue weighted by Gasteiger charge is -2.18. The summed E-state index contributed by atoms with van der Waals surface area (Å²) in [6, 6.07) is 9.00. The van der Waals surface area contributed by atoms with Crippen molar-refractivity contribution in [2.75, 3.05) is 26.8 Å². The van der Waals surface area contributed by atoms with E-state index < -0.39 is 0 Å². The topological polar surface area (TPSA) is 87.6 Å². The molecule has 0 aromatic carbocycles. The first-order chi connectivity index (χ1) is 12.2. The van der Waals surface area contributed by atoms with Gasteiger partial charge in [-0.1, -0.05) is 6.07 Å². The molecule has 2 unspecified atom stereocenters. The van der Waals surface area contributed by atoms with Crippen LogP contribution in [0.1, 0.15) is 16.1 Å². The maximum Gasteiger partial charge on any atom is 0.253 e. The van der Waals surface area contributed by atoms with Crippen molar-refractivity contribution in [3.8, 4) is 5.88 Å². The molecule has 1 saturated heterocycles. The van der Waals surface area contributed by atoms with Gasteiger partial charge >= 0.3 is 0 Å². The fourth-order valence-corrected chi connectivity index (χ4v) is 3.08. The molecule has 1 amide bonds. The van der Waals surface area contributed by atoms with Gasteiger partial charge in [-0.15, -0.1) is 0 Å². The highest BCUT2D eigenvalue weighted by atomic mass is 16.5. The first-order valence-electron chi connectivity index (χ1n) is 8.23. The van der Waals surface area contributed by atoms with E-state index in [0.717, 1.165) is 5.69 Å². The second kappa shape index (κ2) is 8.04. The first kappa shape index (κ1) is 17.3. The molecule has 7 heteroatoms. The highest BCUT2D eigenvalue weighted by Gasteiger charge is 2.33. The third-order valence-corrected chi connectivity index (χ3v) is 4.37. The number of carbonyl (C=O) groups excluding carboxylic acids is 1. The van der Waals surface area contributed by atoms with E-state index in [1.807, 2.05) is 12.1 Å². The minimum atomic E-state index is -0.169. The number of nitrogens with zero attached hydrogens (tertiary/aromatic N) is 3. The van der Waals surface area contributed by atoms with Crippen LogP contribution in [-0.2, 0) is 6.54 Å². The molecule has 2 aromatic heterocycles. The number of methoxy groups -OCH3 is 1. The van der Waals surface area contributed by atoms with Crippen molar-refractivity contribution in [3.63, 3.8) is 0 Å². The SMILES string of the molecule is COc1cccc(CN2CC(CO)C(NC(=O)c3cccnc3)C2)n1. The van der Waals surface area contributed by atoms with Crippen molar-refractivity contribution in [1.82, 2.24) is 20.2 Å². The Hall–Kier alpha value is -2.51. The number of amides is 1. The van der Waals surface area contributed by atoms with Gasteiger partial charge in [-0.3, -0.25) is 14.7 Å². The van der Waals surface area contributed by atoms with E-state index in [4.69, 9.17) is 4.74 Å². The quantitative estimate of drug-likeness (QED) is 0.804. The fraction of sp³-hybridized carbons (Fsp3) is 0.389. The van der Waals surface area contributed by atoms with Crippen molar-refractivity contribution >= 4 is 5.91 Å². The molecule has 1 aliphatic heterocycles. The summed E-state index contributed by atoms with van der Waals surface area (Å²) in [4.78, 5) is 22.9. The second-order valence-electron chi connectivity index (χ2n) is 6.13. The number of aliphatic hydroxyl groups is 1. The number of ether oxygens (including phenoxy) is 1. The number of carbonyl (C=O) groups is 1. The van der Waals surface area contributed by atoms with Gasteiger partial charge in [0.05, 0.1) is 18.4 Å². The van der Waals surface area contributed by atoms with Crippen LogP contribution in [0.5, 0.6) is 5.88 Å². The lowest BCUT2D eigenvalue weighted by molar-refractivity contribution is 0.0920. The maximum absolute atomic E-state index is 12.3. The van der Waals surface area contributed by atoms with E-state index in [2.05, 4.69) is 20.2 Å². The molecule has 0 radical (unpaired) electrons. The molecule has 3 heterocycles. The van der Waals surface area contributed by atoms with E-state index in [1.54, 1.807) is 31.5 Å². The van der Waals surface area contributed by atoms with Crippen LogP contribution >= 0.6 is 0 Å². The zero-order valence-electron chi connectivity index (χ0n) is 14.1. The average molecular weight is 342 g/mol. The Morgan fingerprint density at radius 2 is 2.24 bits per heavy atom. The van der Waals surface area contributed by atoms with Crippen molar-refractivity contribution < 1.29 is 14.6 Å². The summed E-state index contributed by atoms with van der Waals surface area (Å²) < 4.78 is 5.15. The largest absolute Gasteiger partial charge is 0.481 e. The molecule has 0 bridgehead atoms.